The second kappa shape index (κ2) is 6.23. The van der Waals surface area contributed by atoms with Crippen LogP contribution in [0.5, 0.6) is 0 Å². The zero-order valence-corrected chi connectivity index (χ0v) is 12.3. The molecule has 110 valence electrons. The number of nitrogens with one attached hydrogen (secondary N) is 1. The van der Waals surface area contributed by atoms with Crippen molar-refractivity contribution in [1.82, 2.24) is 10.1 Å². The molecular weight excluding hydrogens is 294 g/mol. The molecule has 0 unspecified atom stereocenters. The van der Waals surface area contributed by atoms with E-state index in [0.717, 1.165) is 11.3 Å². The van der Waals surface area contributed by atoms with Gasteiger partial charge in [-0.3, -0.25) is 0 Å². The maximum Gasteiger partial charge on any atom is 0.350 e. The molecule has 0 aromatic carbocycles. The molecule has 0 fully saturated rings. The number of esters is 1. The number of hydrogen-bond donors (Lipinski definition) is 2. The van der Waals surface area contributed by atoms with Gasteiger partial charge in [0.2, 0.25) is 5.89 Å². The highest BCUT2D eigenvalue weighted by Crippen LogP contribution is 2.35. The minimum Gasteiger partial charge on any atom is -0.462 e. The van der Waals surface area contributed by atoms with E-state index in [4.69, 9.17) is 20.3 Å². The van der Waals surface area contributed by atoms with Crippen LogP contribution in [0.15, 0.2) is 4.52 Å². The molecule has 2 rings (SSSR count). The number of nitrogens with two attached hydrogens (primary N) is 1. The van der Waals surface area contributed by atoms with Gasteiger partial charge in [-0.05, 0) is 13.8 Å². The smallest absolute Gasteiger partial charge is 0.350 e. The van der Waals surface area contributed by atoms with Crippen LogP contribution in [0.3, 0.4) is 0 Å². The van der Waals surface area contributed by atoms with Crippen molar-refractivity contribution in [2.75, 3.05) is 17.7 Å². The van der Waals surface area contributed by atoms with Gasteiger partial charge in [-0.1, -0.05) is 5.16 Å². The normalized spacial score (nSPS) is 10.1. The molecule has 2 heterocycles. The molecule has 0 aliphatic carbocycles. The largest absolute Gasteiger partial charge is 0.462 e. The molecule has 2 aromatic heterocycles. The third-order valence-electron chi connectivity index (χ3n) is 2.49. The Labute approximate surface area is 124 Å². The molecule has 0 aliphatic rings. The quantitative estimate of drug-likeness (QED) is 0.799. The van der Waals surface area contributed by atoms with E-state index in [1.165, 1.54) is 0 Å². The number of nitrogens with zero attached hydrogens (tertiary/aromatic N) is 3. The highest BCUT2D eigenvalue weighted by molar-refractivity contribution is 7.18. The fourth-order valence-corrected chi connectivity index (χ4v) is 2.56. The Hall–Kier alpha value is -2.60. The Morgan fingerprint density at radius 3 is 2.95 bits per heavy atom. The first-order chi connectivity index (χ1) is 10.1. The van der Waals surface area contributed by atoms with Crippen LogP contribution in [0.1, 0.15) is 33.9 Å². The Morgan fingerprint density at radius 1 is 1.62 bits per heavy atom. The van der Waals surface area contributed by atoms with Gasteiger partial charge < -0.3 is 20.3 Å². The van der Waals surface area contributed by atoms with Gasteiger partial charge in [0, 0.05) is 0 Å². The highest BCUT2D eigenvalue weighted by atomic mass is 32.1. The van der Waals surface area contributed by atoms with Crippen molar-refractivity contribution in [3.63, 3.8) is 0 Å². The molecule has 0 amide bonds. The summed E-state index contributed by atoms with van der Waals surface area (Å²) in [6.07, 6.45) is 0. The SMILES string of the molecule is CCOC(=O)c1sc(NCc2nc(C)no2)c(C#N)c1N. The topological polar surface area (TPSA) is 127 Å². The minimum absolute atomic E-state index is 0.116. The predicted octanol–water partition coefficient (Wildman–Crippen LogP) is 1.68. The molecule has 0 atom stereocenters. The van der Waals surface area contributed by atoms with Crippen molar-refractivity contribution in [2.45, 2.75) is 20.4 Å². The molecule has 0 bridgehead atoms. The maximum atomic E-state index is 11.8. The second-order valence-corrected chi connectivity index (χ2v) is 4.99. The molecule has 8 nitrogen and oxygen atoms in total. The second-order valence-electron chi connectivity index (χ2n) is 3.97. The van der Waals surface area contributed by atoms with E-state index in [-0.39, 0.29) is 29.3 Å². The summed E-state index contributed by atoms with van der Waals surface area (Å²) < 4.78 is 9.86. The van der Waals surface area contributed by atoms with Crippen LogP contribution >= 0.6 is 11.3 Å². The van der Waals surface area contributed by atoms with Crippen molar-refractivity contribution in [1.29, 1.82) is 5.26 Å². The summed E-state index contributed by atoms with van der Waals surface area (Å²) in [5.41, 5.74) is 6.14. The standard InChI is InChI=1S/C12H13N5O3S/c1-3-19-12(18)10-9(14)7(4-13)11(21-10)15-5-8-16-6(2)17-20-8/h15H,3,5,14H2,1-2H3. The first-order valence-electron chi connectivity index (χ1n) is 6.09. The van der Waals surface area contributed by atoms with Gasteiger partial charge in [0.05, 0.1) is 18.8 Å². The molecule has 21 heavy (non-hydrogen) atoms. The molecule has 0 saturated heterocycles. The first kappa shape index (κ1) is 14.8. The van der Waals surface area contributed by atoms with E-state index in [1.54, 1.807) is 13.8 Å². The van der Waals surface area contributed by atoms with Gasteiger partial charge in [0.15, 0.2) is 5.82 Å². The molecule has 0 aliphatic heterocycles. The number of anilines is 2. The molecular formula is C12H13N5O3S. The fourth-order valence-electron chi connectivity index (χ4n) is 1.60. The van der Waals surface area contributed by atoms with Crippen molar-refractivity contribution < 1.29 is 14.1 Å². The summed E-state index contributed by atoms with van der Waals surface area (Å²) in [5.74, 6) is 0.351. The number of aryl methyl sites for hydroxylation is 1. The predicted molar refractivity (Wildman–Crippen MR) is 75.8 cm³/mol. The van der Waals surface area contributed by atoms with Gasteiger partial charge in [0.1, 0.15) is 21.5 Å². The lowest BCUT2D eigenvalue weighted by atomic mass is 10.2. The van der Waals surface area contributed by atoms with Gasteiger partial charge in [-0.2, -0.15) is 10.2 Å². The van der Waals surface area contributed by atoms with Crippen molar-refractivity contribution in [2.24, 2.45) is 0 Å². The van der Waals surface area contributed by atoms with Crippen LogP contribution in [0.2, 0.25) is 0 Å². The van der Waals surface area contributed by atoms with Crippen LogP contribution in [0.4, 0.5) is 10.7 Å². The van der Waals surface area contributed by atoms with E-state index in [0.29, 0.717) is 16.7 Å². The van der Waals surface area contributed by atoms with Gasteiger partial charge in [-0.15, -0.1) is 11.3 Å². The lowest BCUT2D eigenvalue weighted by Gasteiger charge is -1.99. The monoisotopic (exact) mass is 307 g/mol. The van der Waals surface area contributed by atoms with E-state index in [2.05, 4.69) is 15.5 Å². The Bertz CT molecular complexity index is 700. The summed E-state index contributed by atoms with van der Waals surface area (Å²) in [5, 5.41) is 16.2. The number of ether oxygens (including phenoxy) is 1. The summed E-state index contributed by atoms with van der Waals surface area (Å²) in [6.45, 7) is 3.87. The van der Waals surface area contributed by atoms with E-state index in [1.807, 2.05) is 6.07 Å². The Balaban J connectivity index is 2.21. The number of aromatic nitrogens is 2. The number of rotatable bonds is 5. The highest BCUT2D eigenvalue weighted by Gasteiger charge is 2.22. The van der Waals surface area contributed by atoms with Crippen molar-refractivity contribution in [3.05, 3.63) is 22.2 Å². The van der Waals surface area contributed by atoms with Crippen molar-refractivity contribution >= 4 is 28.0 Å². The third kappa shape index (κ3) is 3.11. The summed E-state index contributed by atoms with van der Waals surface area (Å²) in [7, 11) is 0. The van der Waals surface area contributed by atoms with Crippen LogP contribution in [-0.2, 0) is 11.3 Å². The third-order valence-corrected chi connectivity index (χ3v) is 3.63. The number of nitriles is 1. The van der Waals surface area contributed by atoms with Gasteiger partial charge in [0.25, 0.3) is 0 Å². The number of nitrogen functional groups attached to an aromatic ring is 1. The Morgan fingerprint density at radius 2 is 2.38 bits per heavy atom. The van der Waals surface area contributed by atoms with Crippen molar-refractivity contribution in [3.8, 4) is 6.07 Å². The fraction of sp³-hybridized carbons (Fsp3) is 0.333. The van der Waals surface area contributed by atoms with E-state index in [9.17, 15) is 4.79 Å². The molecule has 0 spiro atoms. The maximum absolute atomic E-state index is 11.8. The molecule has 2 aromatic rings. The summed E-state index contributed by atoms with van der Waals surface area (Å²) in [4.78, 5) is 16.0. The number of hydrogen-bond acceptors (Lipinski definition) is 9. The van der Waals surface area contributed by atoms with Gasteiger partial charge >= 0.3 is 5.97 Å². The lowest BCUT2D eigenvalue weighted by molar-refractivity contribution is 0.0533. The molecule has 0 saturated carbocycles. The van der Waals surface area contributed by atoms with Crippen LogP contribution in [0.25, 0.3) is 0 Å². The average Bonchev–Trinajstić information content (AvgIpc) is 3.00. The summed E-state index contributed by atoms with van der Waals surface area (Å²) >= 11 is 1.06. The van der Waals surface area contributed by atoms with Gasteiger partial charge in [-0.25, -0.2) is 4.79 Å². The lowest BCUT2D eigenvalue weighted by Crippen LogP contribution is -2.05. The number of carbonyl (C=O) groups is 1. The first-order valence-corrected chi connectivity index (χ1v) is 6.91. The zero-order valence-electron chi connectivity index (χ0n) is 11.5. The molecule has 0 radical (unpaired) electrons. The average molecular weight is 307 g/mol. The Kier molecular flexibility index (Phi) is 4.39. The van der Waals surface area contributed by atoms with E-state index < -0.39 is 5.97 Å². The minimum atomic E-state index is -0.543. The number of thiophene rings is 1. The van der Waals surface area contributed by atoms with Crippen LogP contribution in [-0.4, -0.2) is 22.7 Å². The van der Waals surface area contributed by atoms with E-state index >= 15 is 0 Å². The van der Waals surface area contributed by atoms with Crippen LogP contribution in [0, 0.1) is 18.3 Å². The number of carbonyl (C=O) groups excluding carboxylic acids is 1. The molecule has 3 N–H and O–H groups in total. The van der Waals surface area contributed by atoms with Crippen LogP contribution < -0.4 is 11.1 Å². The molecule has 9 heteroatoms. The zero-order chi connectivity index (χ0) is 15.4. The summed E-state index contributed by atoms with van der Waals surface area (Å²) in [6, 6.07) is 1.97.